The fourth-order valence-corrected chi connectivity index (χ4v) is 8.89. The van der Waals surface area contributed by atoms with Crippen molar-refractivity contribution in [1.29, 1.82) is 0 Å². The fourth-order valence-electron chi connectivity index (χ4n) is 5.21. The third-order valence-corrected chi connectivity index (χ3v) is 10.3. The average Bonchev–Trinajstić information content (AvgIpc) is 3.23. The van der Waals surface area contributed by atoms with Crippen LogP contribution in [0, 0.1) is 10.1 Å². The van der Waals surface area contributed by atoms with Crippen LogP contribution in [0.2, 0.25) is 0 Å². The molecule has 0 aliphatic carbocycles. The molecule has 0 radical (unpaired) electrons. The molecule has 34 heavy (non-hydrogen) atoms. The van der Waals surface area contributed by atoms with Gasteiger partial charge in [0.25, 0.3) is 13.1 Å². The number of piperidine rings is 1. The molecular weight excluding hydrogens is 447 g/mol. The minimum absolute atomic E-state index is 0.0469. The van der Waals surface area contributed by atoms with E-state index < -0.39 is 13.2 Å². The number of hydrogen-bond donors (Lipinski definition) is 0. The molecule has 5 rings (SSSR count). The van der Waals surface area contributed by atoms with Gasteiger partial charge >= 0.3 is 0 Å². The molecule has 1 unspecified atom stereocenters. The Morgan fingerprint density at radius 1 is 0.706 bits per heavy atom. The Kier molecular flexibility index (Phi) is 6.40. The van der Waals surface area contributed by atoms with Crippen LogP contribution in [0.3, 0.4) is 0 Å². The van der Waals surface area contributed by atoms with Crippen molar-refractivity contribution in [2.45, 2.75) is 25.0 Å². The van der Waals surface area contributed by atoms with E-state index in [1.165, 1.54) is 18.6 Å². The number of para-hydroxylation sites is 2. The van der Waals surface area contributed by atoms with Crippen LogP contribution >= 0.6 is 7.44 Å². The van der Waals surface area contributed by atoms with Crippen molar-refractivity contribution < 1.29 is 9.49 Å². The highest BCUT2D eigenvalue weighted by molar-refractivity contribution is 7.67. The van der Waals surface area contributed by atoms with E-state index in [2.05, 4.69) is 14.2 Å². The van der Waals surface area contributed by atoms with E-state index in [9.17, 15) is 10.1 Å². The first-order chi connectivity index (χ1) is 16.6. The van der Waals surface area contributed by atoms with Crippen LogP contribution in [0.25, 0.3) is 0 Å². The van der Waals surface area contributed by atoms with Gasteiger partial charge in [-0.05, 0) is 55.8 Å². The maximum atomic E-state index is 15.6. The Morgan fingerprint density at radius 3 is 1.68 bits per heavy atom. The van der Waals surface area contributed by atoms with Gasteiger partial charge in [0, 0.05) is 36.6 Å². The van der Waals surface area contributed by atoms with Crippen molar-refractivity contribution in [1.82, 2.24) is 4.90 Å². The molecule has 0 aromatic heterocycles. The number of likely N-dealkylation sites (tertiary alicyclic amines) is 1. The van der Waals surface area contributed by atoms with E-state index in [-0.39, 0.29) is 10.6 Å². The Morgan fingerprint density at radius 2 is 1.21 bits per heavy atom. The number of benzene rings is 3. The normalized spacial score (nSPS) is 19.2. The molecule has 7 nitrogen and oxygen atoms in total. The van der Waals surface area contributed by atoms with Crippen LogP contribution in [0.4, 0.5) is 17.1 Å². The van der Waals surface area contributed by atoms with Crippen LogP contribution in [-0.2, 0) is 4.57 Å². The molecule has 8 heteroatoms. The summed E-state index contributed by atoms with van der Waals surface area (Å²) in [6.45, 7) is 3.01. The molecule has 0 bridgehead atoms. The van der Waals surface area contributed by atoms with E-state index in [4.69, 9.17) is 0 Å². The van der Waals surface area contributed by atoms with E-state index in [0.717, 1.165) is 42.9 Å². The lowest BCUT2D eigenvalue weighted by Gasteiger charge is -2.44. The topological polar surface area (TPSA) is 69.9 Å². The number of hydrogen-bond acceptors (Lipinski definition) is 4. The van der Waals surface area contributed by atoms with Gasteiger partial charge in [-0.3, -0.25) is 19.6 Å². The Bertz CT molecular complexity index is 1120. The molecule has 0 saturated carbocycles. The minimum atomic E-state index is -3.25. The van der Waals surface area contributed by atoms with Gasteiger partial charge < -0.3 is 9.34 Å². The van der Waals surface area contributed by atoms with Crippen molar-refractivity contribution in [3.63, 3.8) is 0 Å². The van der Waals surface area contributed by atoms with Crippen LogP contribution in [0.5, 0.6) is 0 Å². The molecule has 176 valence electrons. The summed E-state index contributed by atoms with van der Waals surface area (Å²) < 4.78 is 19.7. The standard InChI is InChI=1S/C26H29N4O3P/c31-30(32)25-16-14-22(15-17-25)26(27-18-8-3-9-19-27)34(33)28(23-10-4-1-5-11-23)20-21-29(34)24-12-6-2-7-13-24/h1-2,4-7,10-17,26H,3,8-9,18-21H2. The highest BCUT2D eigenvalue weighted by atomic mass is 31.2. The molecule has 3 aromatic carbocycles. The fraction of sp³-hybridized carbons (Fsp3) is 0.308. The summed E-state index contributed by atoms with van der Waals surface area (Å²) in [6, 6.07) is 26.6. The van der Waals surface area contributed by atoms with Crippen LogP contribution in [0.15, 0.2) is 84.9 Å². The van der Waals surface area contributed by atoms with Crippen LogP contribution < -0.4 is 9.34 Å². The van der Waals surface area contributed by atoms with E-state index in [1.807, 2.05) is 60.7 Å². The van der Waals surface area contributed by atoms with Gasteiger partial charge in [0.15, 0.2) is 0 Å². The maximum absolute atomic E-state index is 15.6. The largest absolute Gasteiger partial charge is 0.304 e. The summed E-state index contributed by atoms with van der Waals surface area (Å²) >= 11 is 0. The lowest BCUT2D eigenvalue weighted by atomic mass is 10.1. The summed E-state index contributed by atoms with van der Waals surface area (Å²) in [4.78, 5) is 13.3. The van der Waals surface area contributed by atoms with Gasteiger partial charge in [-0.1, -0.05) is 55.0 Å². The number of nitro benzene ring substituents is 1. The second-order valence-electron chi connectivity index (χ2n) is 8.83. The summed E-state index contributed by atoms with van der Waals surface area (Å²) in [6.07, 6.45) is 3.28. The molecule has 2 heterocycles. The van der Waals surface area contributed by atoms with Crippen molar-refractivity contribution in [3.05, 3.63) is 101 Å². The number of rotatable bonds is 6. The summed E-state index contributed by atoms with van der Waals surface area (Å²) in [5.74, 6) is -0.392. The number of nitro groups is 1. The van der Waals surface area contributed by atoms with Crippen LogP contribution in [0.1, 0.15) is 30.6 Å². The lowest BCUT2D eigenvalue weighted by Crippen LogP contribution is -2.38. The molecule has 1 atom stereocenters. The molecular formula is C26H29N4O3P. The molecule has 3 aromatic rings. The predicted molar refractivity (Wildman–Crippen MR) is 136 cm³/mol. The van der Waals surface area contributed by atoms with Crippen molar-refractivity contribution in [2.75, 3.05) is 35.5 Å². The predicted octanol–water partition coefficient (Wildman–Crippen LogP) is 6.30. The van der Waals surface area contributed by atoms with Gasteiger partial charge in [-0.2, -0.15) is 0 Å². The zero-order valence-corrected chi connectivity index (χ0v) is 20.0. The maximum Gasteiger partial charge on any atom is 0.284 e. The first kappa shape index (κ1) is 22.6. The zero-order valence-electron chi connectivity index (χ0n) is 19.1. The number of anilines is 2. The Hall–Kier alpha value is -3.15. The molecule has 2 aliphatic rings. The van der Waals surface area contributed by atoms with E-state index >= 15 is 4.57 Å². The quantitative estimate of drug-likeness (QED) is 0.236. The Labute approximate surface area is 200 Å². The highest BCUT2D eigenvalue weighted by Crippen LogP contribution is 2.70. The third kappa shape index (κ3) is 4.10. The van der Waals surface area contributed by atoms with Gasteiger partial charge in [0.05, 0.1) is 4.92 Å². The minimum Gasteiger partial charge on any atom is -0.304 e. The first-order valence-corrected chi connectivity index (χ1v) is 13.5. The van der Waals surface area contributed by atoms with Gasteiger partial charge in [0.2, 0.25) is 0 Å². The van der Waals surface area contributed by atoms with Gasteiger partial charge in [-0.25, -0.2) is 0 Å². The second kappa shape index (κ2) is 9.61. The molecule has 0 amide bonds. The monoisotopic (exact) mass is 476 g/mol. The van der Waals surface area contributed by atoms with Gasteiger partial charge in [-0.15, -0.1) is 0 Å². The van der Waals surface area contributed by atoms with Crippen LogP contribution in [-0.4, -0.2) is 36.0 Å². The highest BCUT2D eigenvalue weighted by Gasteiger charge is 2.52. The average molecular weight is 477 g/mol. The smallest absolute Gasteiger partial charge is 0.284 e. The molecule has 2 aliphatic heterocycles. The van der Waals surface area contributed by atoms with Crippen molar-refractivity contribution >= 4 is 24.5 Å². The SMILES string of the molecule is O=[N+]([O-])c1ccc(C(N2CCCCC2)P2(=O)N(c3ccccc3)CCN2c2ccccc2)cc1. The number of nitrogens with zero attached hydrogens (tertiary/aromatic N) is 4. The van der Waals surface area contributed by atoms with Gasteiger partial charge in [0.1, 0.15) is 5.78 Å². The lowest BCUT2D eigenvalue weighted by molar-refractivity contribution is -0.384. The molecule has 2 saturated heterocycles. The van der Waals surface area contributed by atoms with Crippen molar-refractivity contribution in [2.24, 2.45) is 0 Å². The summed E-state index contributed by atoms with van der Waals surface area (Å²) in [5.41, 5.74) is 2.78. The van der Waals surface area contributed by atoms with Crippen molar-refractivity contribution in [3.8, 4) is 0 Å². The summed E-state index contributed by atoms with van der Waals surface area (Å²) in [7, 11) is -3.25. The Balaban J connectivity index is 1.68. The van der Waals surface area contributed by atoms with E-state index in [0.29, 0.717) is 13.1 Å². The van der Waals surface area contributed by atoms with E-state index in [1.54, 1.807) is 12.1 Å². The molecule has 2 fully saturated rings. The number of non-ortho nitro benzene ring substituents is 1. The molecule has 0 spiro atoms. The zero-order chi connectivity index (χ0) is 23.5. The molecule has 0 N–H and O–H groups in total. The summed E-state index contributed by atoms with van der Waals surface area (Å²) in [5, 5.41) is 11.3. The third-order valence-electron chi connectivity index (χ3n) is 6.78. The first-order valence-electron chi connectivity index (χ1n) is 11.8. The second-order valence-corrected chi connectivity index (χ2v) is 11.5.